The van der Waals surface area contributed by atoms with Gasteiger partial charge in [-0.05, 0) is 55.5 Å². The quantitative estimate of drug-likeness (QED) is 0.183. The van der Waals surface area contributed by atoms with E-state index in [0.717, 1.165) is 47.8 Å². The molecule has 0 spiro atoms. The number of carbonyl (C=O) groups is 1. The molecular formula is C26H28F6N2O2P-. The van der Waals surface area contributed by atoms with Gasteiger partial charge in [-0.3, -0.25) is 9.88 Å². The van der Waals surface area contributed by atoms with E-state index >= 15 is 0 Å². The summed E-state index contributed by atoms with van der Waals surface area (Å²) in [5, 5.41) is 1.07. The summed E-state index contributed by atoms with van der Waals surface area (Å²) >= 11 is 0. The van der Waals surface area contributed by atoms with Crippen LogP contribution in [-0.4, -0.2) is 35.0 Å². The molecule has 3 aliphatic rings. The third kappa shape index (κ3) is 7.65. The van der Waals surface area contributed by atoms with Crippen molar-refractivity contribution in [3.8, 4) is 0 Å². The van der Waals surface area contributed by atoms with Crippen molar-refractivity contribution in [3.63, 3.8) is 0 Å². The van der Waals surface area contributed by atoms with Crippen molar-refractivity contribution >= 4 is 24.7 Å². The van der Waals surface area contributed by atoms with E-state index in [1.54, 1.807) is 0 Å². The zero-order valence-electron chi connectivity index (χ0n) is 20.1. The first kappa shape index (κ1) is 27.3. The summed E-state index contributed by atoms with van der Waals surface area (Å²) in [5.74, 6) is 1.22. The maximum atomic E-state index is 13.1. The van der Waals surface area contributed by atoms with Crippen LogP contribution in [0, 0.1) is 11.8 Å². The van der Waals surface area contributed by atoms with Crippen molar-refractivity contribution in [3.05, 3.63) is 78.0 Å². The summed E-state index contributed by atoms with van der Waals surface area (Å²) in [5.41, 5.74) is 2.61. The molecule has 3 aliphatic heterocycles. The van der Waals surface area contributed by atoms with Gasteiger partial charge in [0.1, 0.15) is 6.10 Å². The van der Waals surface area contributed by atoms with E-state index in [-0.39, 0.29) is 18.1 Å². The number of halogens is 6. The summed E-state index contributed by atoms with van der Waals surface area (Å²) in [4.78, 5) is 20.2. The number of hydrogen-bond acceptors (Lipinski definition) is 4. The number of esters is 1. The zero-order chi connectivity index (χ0) is 26.9. The van der Waals surface area contributed by atoms with E-state index in [4.69, 9.17) is 4.74 Å². The predicted octanol–water partition coefficient (Wildman–Crippen LogP) is 8.64. The predicted molar refractivity (Wildman–Crippen MR) is 132 cm³/mol. The van der Waals surface area contributed by atoms with Crippen LogP contribution in [0.2, 0.25) is 0 Å². The van der Waals surface area contributed by atoms with Gasteiger partial charge in [0, 0.05) is 23.7 Å². The monoisotopic (exact) mass is 545 g/mol. The standard InChI is InChI=1S/C26H28N2O2.F6P/c1-2-18-17-28-15-13-20(18)16-24(28)25(30-26(29)19-8-4-3-5-9-19)22-12-14-27-23-11-7-6-10-21(22)23;1-7(2,3,4,5)6/h3-12,14,18,20,24-25H,2,13,15-17H2,1H3;/q;-1/t18?,20?,24?,25-;/m1./s1. The summed E-state index contributed by atoms with van der Waals surface area (Å²) < 4.78 is 65.5. The number of rotatable bonds is 5. The second-order valence-electron chi connectivity index (χ2n) is 9.58. The molecule has 5 atom stereocenters. The van der Waals surface area contributed by atoms with Crippen LogP contribution in [0.15, 0.2) is 66.9 Å². The first-order valence-electron chi connectivity index (χ1n) is 12.1. The van der Waals surface area contributed by atoms with E-state index in [2.05, 4.69) is 22.9 Å². The van der Waals surface area contributed by atoms with Crippen molar-refractivity contribution in [2.75, 3.05) is 13.1 Å². The fourth-order valence-electron chi connectivity index (χ4n) is 5.43. The van der Waals surface area contributed by atoms with Gasteiger partial charge in [0.25, 0.3) is 0 Å². The molecule has 4 heterocycles. The van der Waals surface area contributed by atoms with Crippen LogP contribution in [0.3, 0.4) is 0 Å². The van der Waals surface area contributed by atoms with Crippen LogP contribution in [0.5, 0.6) is 0 Å². The van der Waals surface area contributed by atoms with Gasteiger partial charge in [0.15, 0.2) is 0 Å². The minimum absolute atomic E-state index is 0.213. The van der Waals surface area contributed by atoms with Crippen molar-refractivity contribution in [1.82, 2.24) is 9.88 Å². The molecule has 0 radical (unpaired) electrons. The molecule has 0 N–H and O–H groups in total. The third-order valence-corrected chi connectivity index (χ3v) is 7.04. The average molecular weight is 545 g/mol. The van der Waals surface area contributed by atoms with Gasteiger partial charge in [-0.1, -0.05) is 49.7 Å². The Hall–Kier alpha value is -2.71. The number of ether oxygens (including phenoxy) is 1. The second kappa shape index (κ2) is 9.55. The van der Waals surface area contributed by atoms with Crippen LogP contribution in [0.1, 0.15) is 48.2 Å². The van der Waals surface area contributed by atoms with Gasteiger partial charge in [-0.25, -0.2) is 4.79 Å². The molecule has 37 heavy (non-hydrogen) atoms. The Morgan fingerprint density at radius 2 is 1.68 bits per heavy atom. The number of aromatic nitrogens is 1. The number of nitrogens with zero attached hydrogens (tertiary/aromatic N) is 2. The topological polar surface area (TPSA) is 42.4 Å². The minimum atomic E-state index is -10.7. The van der Waals surface area contributed by atoms with Crippen LogP contribution in [-0.2, 0) is 4.74 Å². The molecule has 202 valence electrons. The molecule has 0 saturated carbocycles. The third-order valence-electron chi connectivity index (χ3n) is 7.04. The Kier molecular flexibility index (Phi) is 7.05. The van der Waals surface area contributed by atoms with Crippen LogP contribution < -0.4 is 0 Å². The molecule has 4 unspecified atom stereocenters. The number of benzene rings is 2. The molecule has 1 aromatic heterocycles. The van der Waals surface area contributed by atoms with Crippen LogP contribution in [0.25, 0.3) is 10.9 Å². The van der Waals surface area contributed by atoms with E-state index < -0.39 is 7.81 Å². The normalized spacial score (nSPS) is 25.8. The van der Waals surface area contributed by atoms with Crippen molar-refractivity contribution in [2.45, 2.75) is 38.3 Å². The van der Waals surface area contributed by atoms with Crippen molar-refractivity contribution in [1.29, 1.82) is 0 Å². The summed E-state index contributed by atoms with van der Waals surface area (Å²) in [7, 11) is -10.7. The fourth-order valence-corrected chi connectivity index (χ4v) is 5.43. The number of hydrogen-bond donors (Lipinski definition) is 0. The molecular weight excluding hydrogens is 517 g/mol. The number of piperidine rings is 3. The number of pyridine rings is 1. The molecule has 2 bridgehead atoms. The molecule has 3 saturated heterocycles. The Morgan fingerprint density at radius 1 is 1.03 bits per heavy atom. The van der Waals surface area contributed by atoms with E-state index in [9.17, 15) is 30.0 Å². The van der Waals surface area contributed by atoms with Gasteiger partial charge in [0.2, 0.25) is 0 Å². The first-order chi connectivity index (χ1) is 17.2. The molecule has 6 rings (SSSR count). The number of para-hydroxylation sites is 1. The molecule has 2 aromatic carbocycles. The Labute approximate surface area is 210 Å². The maximum absolute atomic E-state index is 13.1. The second-order valence-corrected chi connectivity index (χ2v) is 11.5. The van der Waals surface area contributed by atoms with Crippen LogP contribution >= 0.6 is 7.81 Å². The molecule has 3 aromatic rings. The molecule has 4 nitrogen and oxygen atoms in total. The van der Waals surface area contributed by atoms with Crippen molar-refractivity contribution < 1.29 is 34.7 Å². The van der Waals surface area contributed by atoms with E-state index in [1.807, 2.05) is 60.8 Å². The van der Waals surface area contributed by atoms with E-state index in [1.165, 1.54) is 12.8 Å². The summed E-state index contributed by atoms with van der Waals surface area (Å²) in [6.07, 6.45) is 5.10. The Balaban J connectivity index is 0.000000405. The molecule has 0 aliphatic carbocycles. The van der Waals surface area contributed by atoms with Gasteiger partial charge >= 0.3 is 39.0 Å². The SMILES string of the molecule is CCC1CN2CCC1CC2[C@H](OC(=O)c1ccccc1)c1ccnc2ccccc12.F[P-](F)(F)(F)(F)F. The van der Waals surface area contributed by atoms with Gasteiger partial charge in [-0.2, -0.15) is 0 Å². The number of carbonyl (C=O) groups excluding carboxylic acids is 1. The Bertz CT molecular complexity index is 1240. The number of fused-ring (bicyclic) bond motifs is 4. The van der Waals surface area contributed by atoms with Gasteiger partial charge < -0.3 is 4.74 Å². The average Bonchev–Trinajstić information content (AvgIpc) is 2.85. The summed E-state index contributed by atoms with van der Waals surface area (Å²) in [6, 6.07) is 19.7. The Morgan fingerprint density at radius 3 is 2.30 bits per heavy atom. The van der Waals surface area contributed by atoms with Gasteiger partial charge in [-0.15, -0.1) is 0 Å². The van der Waals surface area contributed by atoms with E-state index in [0.29, 0.717) is 5.56 Å². The van der Waals surface area contributed by atoms with Crippen molar-refractivity contribution in [2.24, 2.45) is 11.8 Å². The first-order valence-corrected chi connectivity index (χ1v) is 14.1. The molecule has 3 fully saturated rings. The fraction of sp³-hybridized carbons (Fsp3) is 0.385. The molecule has 11 heteroatoms. The summed E-state index contributed by atoms with van der Waals surface area (Å²) in [6.45, 7) is 4.49. The zero-order valence-corrected chi connectivity index (χ0v) is 21.0. The van der Waals surface area contributed by atoms with Gasteiger partial charge in [0.05, 0.1) is 17.1 Å². The molecule has 0 amide bonds. The van der Waals surface area contributed by atoms with Crippen LogP contribution in [0.4, 0.5) is 25.2 Å².